The minimum Gasteiger partial charge on any atom is -0.454 e. The zero-order chi connectivity index (χ0) is 16.7. The summed E-state index contributed by atoms with van der Waals surface area (Å²) in [6.07, 6.45) is 0. The van der Waals surface area contributed by atoms with Crippen LogP contribution in [0.2, 0.25) is 0 Å². The third kappa shape index (κ3) is 2.67. The van der Waals surface area contributed by atoms with Gasteiger partial charge in [-0.3, -0.25) is 9.59 Å². The molecule has 0 unspecified atom stereocenters. The van der Waals surface area contributed by atoms with Crippen molar-refractivity contribution >= 4 is 35.0 Å². The average Bonchev–Trinajstić information content (AvgIpc) is 3.03. The van der Waals surface area contributed by atoms with Crippen molar-refractivity contribution in [3.05, 3.63) is 42.0 Å². The van der Waals surface area contributed by atoms with Crippen molar-refractivity contribution in [2.24, 2.45) is 0 Å². The fourth-order valence-corrected chi connectivity index (χ4v) is 3.46. The molecule has 4 rings (SSSR count). The topological polar surface area (TPSA) is 76.7 Å². The molecule has 2 aromatic carbocycles. The van der Waals surface area contributed by atoms with Crippen LogP contribution in [0.25, 0.3) is 0 Å². The zero-order valence-corrected chi connectivity index (χ0v) is 13.6. The molecule has 1 atom stereocenters. The van der Waals surface area contributed by atoms with Crippen LogP contribution in [0.4, 0.5) is 11.4 Å². The number of benzene rings is 2. The second-order valence-electron chi connectivity index (χ2n) is 5.48. The van der Waals surface area contributed by atoms with Crippen LogP contribution in [-0.2, 0) is 4.79 Å². The van der Waals surface area contributed by atoms with E-state index in [2.05, 4.69) is 10.6 Å². The van der Waals surface area contributed by atoms with E-state index >= 15 is 0 Å². The number of anilines is 2. The van der Waals surface area contributed by atoms with Crippen LogP contribution in [0, 0.1) is 0 Å². The number of thioether (sulfide) groups is 1. The number of ether oxygens (including phenoxy) is 2. The molecule has 0 saturated heterocycles. The summed E-state index contributed by atoms with van der Waals surface area (Å²) in [6.45, 7) is 2.04. The third-order valence-corrected chi connectivity index (χ3v) is 4.98. The number of hydrogen-bond donors (Lipinski definition) is 2. The molecule has 2 amide bonds. The van der Waals surface area contributed by atoms with E-state index in [1.54, 1.807) is 30.3 Å². The van der Waals surface area contributed by atoms with E-state index in [0.29, 0.717) is 28.4 Å². The van der Waals surface area contributed by atoms with Gasteiger partial charge < -0.3 is 20.1 Å². The number of hydrogen-bond acceptors (Lipinski definition) is 5. The van der Waals surface area contributed by atoms with E-state index in [-0.39, 0.29) is 23.9 Å². The first kappa shape index (κ1) is 14.9. The van der Waals surface area contributed by atoms with Crippen LogP contribution in [-0.4, -0.2) is 23.9 Å². The molecule has 0 aromatic heterocycles. The van der Waals surface area contributed by atoms with Gasteiger partial charge in [0.15, 0.2) is 11.5 Å². The van der Waals surface area contributed by atoms with Gasteiger partial charge in [0.1, 0.15) is 0 Å². The quantitative estimate of drug-likeness (QED) is 0.877. The Morgan fingerprint density at radius 3 is 2.92 bits per heavy atom. The molecule has 6 nitrogen and oxygen atoms in total. The Hall–Kier alpha value is -2.67. The van der Waals surface area contributed by atoms with E-state index in [1.807, 2.05) is 13.0 Å². The summed E-state index contributed by atoms with van der Waals surface area (Å²) < 4.78 is 10.5. The Bertz CT molecular complexity index is 852. The summed E-state index contributed by atoms with van der Waals surface area (Å²) in [6, 6.07) is 10.5. The van der Waals surface area contributed by atoms with Gasteiger partial charge in [0, 0.05) is 22.2 Å². The summed E-state index contributed by atoms with van der Waals surface area (Å²) in [7, 11) is 0. The van der Waals surface area contributed by atoms with Crippen molar-refractivity contribution in [1.82, 2.24) is 0 Å². The monoisotopic (exact) mass is 342 g/mol. The van der Waals surface area contributed by atoms with Gasteiger partial charge >= 0.3 is 0 Å². The minimum absolute atomic E-state index is 0.0548. The van der Waals surface area contributed by atoms with E-state index in [1.165, 1.54) is 11.8 Å². The average molecular weight is 342 g/mol. The lowest BCUT2D eigenvalue weighted by molar-refractivity contribution is -0.115. The summed E-state index contributed by atoms with van der Waals surface area (Å²) in [5, 5.41) is 5.51. The smallest absolute Gasteiger partial charge is 0.255 e. The minimum atomic E-state index is -0.255. The molecule has 122 valence electrons. The number of amides is 2. The highest BCUT2D eigenvalue weighted by atomic mass is 32.2. The van der Waals surface area contributed by atoms with Crippen LogP contribution in [0.1, 0.15) is 17.3 Å². The number of rotatable bonds is 2. The van der Waals surface area contributed by atoms with Gasteiger partial charge in [0.05, 0.1) is 10.9 Å². The van der Waals surface area contributed by atoms with Crippen LogP contribution >= 0.6 is 11.8 Å². The van der Waals surface area contributed by atoms with Crippen molar-refractivity contribution in [3.8, 4) is 11.5 Å². The van der Waals surface area contributed by atoms with Crippen LogP contribution in [0.5, 0.6) is 11.5 Å². The highest BCUT2D eigenvalue weighted by Crippen LogP contribution is 2.37. The molecular formula is C17H14N2O4S. The van der Waals surface area contributed by atoms with Crippen molar-refractivity contribution in [3.63, 3.8) is 0 Å². The summed E-state index contributed by atoms with van der Waals surface area (Å²) in [5.41, 5.74) is 1.76. The lowest BCUT2D eigenvalue weighted by Gasteiger charge is -2.21. The number of nitrogens with one attached hydrogen (secondary N) is 2. The van der Waals surface area contributed by atoms with Crippen LogP contribution < -0.4 is 20.1 Å². The first-order valence-electron chi connectivity index (χ1n) is 7.43. The molecule has 2 aliphatic rings. The summed E-state index contributed by atoms with van der Waals surface area (Å²) >= 11 is 1.48. The largest absolute Gasteiger partial charge is 0.454 e. The van der Waals surface area contributed by atoms with Gasteiger partial charge in [-0.1, -0.05) is 0 Å². The first-order chi connectivity index (χ1) is 11.6. The highest BCUT2D eigenvalue weighted by molar-refractivity contribution is 8.00. The van der Waals surface area contributed by atoms with Crippen molar-refractivity contribution in [2.75, 3.05) is 17.4 Å². The molecule has 0 fully saturated rings. The van der Waals surface area contributed by atoms with Crippen molar-refractivity contribution in [1.29, 1.82) is 0 Å². The molecule has 0 radical (unpaired) electrons. The molecule has 2 aliphatic heterocycles. The fourth-order valence-electron chi connectivity index (χ4n) is 2.53. The van der Waals surface area contributed by atoms with E-state index in [4.69, 9.17) is 9.47 Å². The van der Waals surface area contributed by atoms with E-state index in [9.17, 15) is 9.59 Å². The lowest BCUT2D eigenvalue weighted by atomic mass is 10.1. The standard InChI is InChI=1S/C17H14N2O4S/c1-9-16(20)19-12-6-10(2-5-15(12)24-9)17(21)18-11-3-4-13-14(7-11)23-8-22-13/h2-7,9H,8H2,1H3,(H,18,21)(H,19,20)/t9-/m1/s1. The van der Waals surface area contributed by atoms with Gasteiger partial charge in [0.2, 0.25) is 12.7 Å². The maximum absolute atomic E-state index is 12.4. The molecule has 0 saturated carbocycles. The van der Waals surface area contributed by atoms with E-state index in [0.717, 1.165) is 4.90 Å². The second kappa shape index (κ2) is 5.76. The van der Waals surface area contributed by atoms with E-state index < -0.39 is 0 Å². The lowest BCUT2D eigenvalue weighted by Crippen LogP contribution is -2.26. The number of carbonyl (C=O) groups excluding carboxylic acids is 2. The molecule has 0 aliphatic carbocycles. The van der Waals surface area contributed by atoms with Crippen molar-refractivity contribution < 1.29 is 19.1 Å². The Morgan fingerprint density at radius 2 is 2.04 bits per heavy atom. The molecule has 7 heteroatoms. The Labute approximate surface area is 142 Å². The second-order valence-corrected chi connectivity index (χ2v) is 6.87. The molecule has 2 N–H and O–H groups in total. The van der Waals surface area contributed by atoms with Gasteiger partial charge in [-0.2, -0.15) is 0 Å². The van der Waals surface area contributed by atoms with Crippen molar-refractivity contribution in [2.45, 2.75) is 17.1 Å². The normalized spacial score (nSPS) is 17.9. The Morgan fingerprint density at radius 1 is 1.21 bits per heavy atom. The predicted octanol–water partition coefficient (Wildman–Crippen LogP) is 3.10. The predicted molar refractivity (Wildman–Crippen MR) is 90.9 cm³/mol. The molecule has 0 spiro atoms. The number of carbonyl (C=O) groups is 2. The summed E-state index contributed by atoms with van der Waals surface area (Å²) in [5.74, 6) is 0.960. The van der Waals surface area contributed by atoms with Crippen LogP contribution in [0.15, 0.2) is 41.3 Å². The molecule has 2 aromatic rings. The molecule has 24 heavy (non-hydrogen) atoms. The zero-order valence-electron chi connectivity index (χ0n) is 12.8. The van der Waals surface area contributed by atoms with Gasteiger partial charge in [-0.25, -0.2) is 0 Å². The van der Waals surface area contributed by atoms with Gasteiger partial charge in [-0.05, 0) is 37.3 Å². The molecular weight excluding hydrogens is 328 g/mol. The van der Waals surface area contributed by atoms with Crippen LogP contribution in [0.3, 0.4) is 0 Å². The highest BCUT2D eigenvalue weighted by Gasteiger charge is 2.24. The number of fused-ring (bicyclic) bond motifs is 2. The maximum Gasteiger partial charge on any atom is 0.255 e. The third-order valence-electron chi connectivity index (χ3n) is 3.80. The molecule has 2 heterocycles. The summed E-state index contributed by atoms with van der Waals surface area (Å²) in [4.78, 5) is 25.2. The fraction of sp³-hybridized carbons (Fsp3) is 0.176. The SMILES string of the molecule is C[C@H]1Sc2ccc(C(=O)Nc3ccc4c(c3)OCO4)cc2NC1=O. The maximum atomic E-state index is 12.4. The Kier molecular flexibility index (Phi) is 3.57. The van der Waals surface area contributed by atoms with Gasteiger partial charge in [0.25, 0.3) is 5.91 Å². The first-order valence-corrected chi connectivity index (χ1v) is 8.31. The Balaban J connectivity index is 1.55. The molecule has 0 bridgehead atoms. The van der Waals surface area contributed by atoms with Gasteiger partial charge in [-0.15, -0.1) is 11.8 Å².